The summed E-state index contributed by atoms with van der Waals surface area (Å²) >= 11 is 5.54. The number of alkyl halides is 1. The first kappa shape index (κ1) is 12.0. The highest BCUT2D eigenvalue weighted by Crippen LogP contribution is 2.26. The third kappa shape index (κ3) is 2.29. The summed E-state index contributed by atoms with van der Waals surface area (Å²) in [6.45, 7) is 1.92. The van der Waals surface area contributed by atoms with Gasteiger partial charge in [-0.2, -0.15) is 0 Å². The van der Waals surface area contributed by atoms with E-state index >= 15 is 0 Å². The van der Waals surface area contributed by atoms with E-state index in [0.29, 0.717) is 0 Å². The lowest BCUT2D eigenvalue weighted by atomic mass is 10.2. The van der Waals surface area contributed by atoms with Crippen LogP contribution in [0.5, 0.6) is 0 Å². The van der Waals surface area contributed by atoms with Crippen LogP contribution in [-0.2, 0) is 4.79 Å². The van der Waals surface area contributed by atoms with Crippen LogP contribution in [0.15, 0.2) is 34.7 Å². The summed E-state index contributed by atoms with van der Waals surface area (Å²) in [5, 5.41) is 1.04. The van der Waals surface area contributed by atoms with Gasteiger partial charge in [-0.15, -0.1) is 11.6 Å². The van der Waals surface area contributed by atoms with E-state index < -0.39 is 0 Å². The fourth-order valence-electron chi connectivity index (χ4n) is 1.71. The molecule has 0 N–H and O–H groups in total. The Morgan fingerprint density at radius 1 is 1.47 bits per heavy atom. The van der Waals surface area contributed by atoms with Crippen LogP contribution in [0.2, 0.25) is 0 Å². The van der Waals surface area contributed by atoms with E-state index in [9.17, 15) is 4.79 Å². The molecule has 0 bridgehead atoms. The number of para-hydroxylation sites is 1. The molecule has 0 aliphatic rings. The average Bonchev–Trinajstić information content (AvgIpc) is 2.79. The molecule has 1 aromatic heterocycles. The second kappa shape index (κ2) is 4.80. The molecule has 1 amide bonds. The standard InChI is InChI=1S/C13H14ClNO2/c1-9(15(2)13(16)8-14)12-7-10-5-3-4-6-11(10)17-12/h3-7,9H,8H2,1-2H3. The zero-order valence-electron chi connectivity index (χ0n) is 9.81. The lowest BCUT2D eigenvalue weighted by Crippen LogP contribution is -2.30. The lowest BCUT2D eigenvalue weighted by Gasteiger charge is -2.22. The largest absolute Gasteiger partial charge is 0.459 e. The van der Waals surface area contributed by atoms with Gasteiger partial charge in [-0.25, -0.2) is 0 Å². The van der Waals surface area contributed by atoms with Crippen molar-refractivity contribution in [2.24, 2.45) is 0 Å². The molecule has 0 fully saturated rings. The van der Waals surface area contributed by atoms with Crippen molar-refractivity contribution in [2.75, 3.05) is 12.9 Å². The van der Waals surface area contributed by atoms with Crippen molar-refractivity contribution in [1.29, 1.82) is 0 Å². The molecule has 2 rings (SSSR count). The Morgan fingerprint density at radius 3 is 2.82 bits per heavy atom. The Kier molecular flexibility index (Phi) is 3.38. The van der Waals surface area contributed by atoms with Gasteiger partial charge in [0.25, 0.3) is 0 Å². The number of furan rings is 1. The monoisotopic (exact) mass is 251 g/mol. The molecule has 1 unspecified atom stereocenters. The highest BCUT2D eigenvalue weighted by molar-refractivity contribution is 6.27. The van der Waals surface area contributed by atoms with E-state index in [1.807, 2.05) is 37.3 Å². The van der Waals surface area contributed by atoms with Gasteiger partial charge in [0.05, 0.1) is 6.04 Å². The molecule has 1 aromatic carbocycles. The fourth-order valence-corrected chi connectivity index (χ4v) is 1.90. The molecule has 0 aliphatic carbocycles. The number of hydrogen-bond acceptors (Lipinski definition) is 2. The molecule has 0 saturated carbocycles. The summed E-state index contributed by atoms with van der Waals surface area (Å²) in [6, 6.07) is 9.62. The smallest absolute Gasteiger partial charge is 0.237 e. The highest BCUT2D eigenvalue weighted by Gasteiger charge is 2.19. The Balaban J connectivity index is 2.30. The van der Waals surface area contributed by atoms with Gasteiger partial charge in [0, 0.05) is 12.4 Å². The van der Waals surface area contributed by atoms with E-state index in [2.05, 4.69) is 0 Å². The molecule has 1 atom stereocenters. The molecule has 0 spiro atoms. The van der Waals surface area contributed by atoms with Crippen molar-refractivity contribution < 1.29 is 9.21 Å². The maximum Gasteiger partial charge on any atom is 0.237 e. The van der Waals surface area contributed by atoms with Crippen molar-refractivity contribution in [3.8, 4) is 0 Å². The zero-order valence-corrected chi connectivity index (χ0v) is 10.6. The molecule has 4 heteroatoms. The van der Waals surface area contributed by atoms with Gasteiger partial charge in [0.1, 0.15) is 17.2 Å². The van der Waals surface area contributed by atoms with Gasteiger partial charge in [0.2, 0.25) is 5.91 Å². The van der Waals surface area contributed by atoms with E-state index in [1.54, 1.807) is 11.9 Å². The maximum atomic E-state index is 11.5. The Morgan fingerprint density at radius 2 is 2.18 bits per heavy atom. The minimum absolute atomic E-state index is 0.0128. The normalized spacial score (nSPS) is 12.6. The van der Waals surface area contributed by atoms with Gasteiger partial charge in [-0.1, -0.05) is 18.2 Å². The van der Waals surface area contributed by atoms with Crippen molar-refractivity contribution in [1.82, 2.24) is 4.90 Å². The number of nitrogens with zero attached hydrogens (tertiary/aromatic N) is 1. The molecule has 17 heavy (non-hydrogen) atoms. The molecule has 0 saturated heterocycles. The first-order valence-electron chi connectivity index (χ1n) is 5.43. The van der Waals surface area contributed by atoms with Crippen LogP contribution in [0.3, 0.4) is 0 Å². The molecular formula is C13H14ClNO2. The number of benzene rings is 1. The van der Waals surface area contributed by atoms with Gasteiger partial charge >= 0.3 is 0 Å². The van der Waals surface area contributed by atoms with Crippen molar-refractivity contribution in [3.63, 3.8) is 0 Å². The lowest BCUT2D eigenvalue weighted by molar-refractivity contribution is -0.129. The summed E-state index contributed by atoms with van der Waals surface area (Å²) in [6.07, 6.45) is 0. The van der Waals surface area contributed by atoms with E-state index in [1.165, 1.54) is 0 Å². The molecular weight excluding hydrogens is 238 g/mol. The molecule has 1 heterocycles. The Hall–Kier alpha value is -1.48. The number of amides is 1. The first-order valence-corrected chi connectivity index (χ1v) is 5.97. The minimum atomic E-state index is -0.117. The molecule has 0 aliphatic heterocycles. The quantitative estimate of drug-likeness (QED) is 0.785. The second-order valence-corrected chi connectivity index (χ2v) is 4.27. The predicted octanol–water partition coefficient (Wildman–Crippen LogP) is 3.19. The average molecular weight is 252 g/mol. The van der Waals surface area contributed by atoms with Crippen LogP contribution in [-0.4, -0.2) is 23.7 Å². The summed E-state index contributed by atoms with van der Waals surface area (Å²) in [5.74, 6) is 0.646. The molecule has 3 nitrogen and oxygen atoms in total. The van der Waals surface area contributed by atoms with Gasteiger partial charge in [-0.3, -0.25) is 4.79 Å². The third-order valence-electron chi connectivity index (χ3n) is 2.94. The van der Waals surface area contributed by atoms with E-state index in [4.69, 9.17) is 16.0 Å². The third-order valence-corrected chi connectivity index (χ3v) is 3.17. The van der Waals surface area contributed by atoms with Crippen LogP contribution in [0.1, 0.15) is 18.7 Å². The van der Waals surface area contributed by atoms with Crippen molar-refractivity contribution >= 4 is 28.5 Å². The van der Waals surface area contributed by atoms with Crippen LogP contribution in [0, 0.1) is 0 Å². The van der Waals surface area contributed by atoms with Crippen LogP contribution in [0.4, 0.5) is 0 Å². The first-order chi connectivity index (χ1) is 8.13. The highest BCUT2D eigenvalue weighted by atomic mass is 35.5. The van der Waals surface area contributed by atoms with Crippen LogP contribution < -0.4 is 0 Å². The number of rotatable bonds is 3. The Labute approximate surface area is 105 Å². The summed E-state index contributed by atoms with van der Waals surface area (Å²) in [4.78, 5) is 13.1. The maximum absolute atomic E-state index is 11.5. The van der Waals surface area contributed by atoms with Crippen LogP contribution in [0.25, 0.3) is 11.0 Å². The zero-order chi connectivity index (χ0) is 12.4. The number of hydrogen-bond donors (Lipinski definition) is 0. The van der Waals surface area contributed by atoms with Gasteiger partial charge in [-0.05, 0) is 19.1 Å². The van der Waals surface area contributed by atoms with Crippen molar-refractivity contribution in [3.05, 3.63) is 36.1 Å². The minimum Gasteiger partial charge on any atom is -0.459 e. The number of carbonyl (C=O) groups is 1. The van der Waals surface area contributed by atoms with Gasteiger partial charge in [0.15, 0.2) is 0 Å². The summed E-state index contributed by atoms with van der Waals surface area (Å²) in [5.41, 5.74) is 0.834. The Bertz CT molecular complexity index is 502. The second-order valence-electron chi connectivity index (χ2n) is 4.00. The molecule has 2 aromatic rings. The van der Waals surface area contributed by atoms with E-state index in [0.717, 1.165) is 16.7 Å². The van der Waals surface area contributed by atoms with Gasteiger partial charge < -0.3 is 9.32 Å². The number of fused-ring (bicyclic) bond motifs is 1. The summed E-state index contributed by atoms with van der Waals surface area (Å²) in [7, 11) is 1.72. The van der Waals surface area contributed by atoms with Crippen LogP contribution >= 0.6 is 11.6 Å². The van der Waals surface area contributed by atoms with Crippen molar-refractivity contribution in [2.45, 2.75) is 13.0 Å². The number of carbonyl (C=O) groups excluding carboxylic acids is 1. The predicted molar refractivity (Wildman–Crippen MR) is 68.1 cm³/mol. The molecule has 0 radical (unpaired) electrons. The van der Waals surface area contributed by atoms with E-state index in [-0.39, 0.29) is 17.8 Å². The topological polar surface area (TPSA) is 33.5 Å². The molecule has 90 valence electrons. The summed E-state index contributed by atoms with van der Waals surface area (Å²) < 4.78 is 5.71. The fraction of sp³-hybridized carbons (Fsp3) is 0.308. The SMILES string of the molecule is CC(c1cc2ccccc2o1)N(C)C(=O)CCl. The number of halogens is 1.